The number of pyridine rings is 1. The maximum atomic E-state index is 13.8. The Morgan fingerprint density at radius 3 is 2.62 bits per heavy atom. The van der Waals surface area contributed by atoms with E-state index in [4.69, 9.17) is 11.6 Å². The highest BCUT2D eigenvalue weighted by atomic mass is 35.5. The first-order valence-corrected chi connectivity index (χ1v) is 8.78. The van der Waals surface area contributed by atoms with Gasteiger partial charge in [-0.3, -0.25) is 9.78 Å². The molecule has 9 heteroatoms. The number of fused-ring (bicyclic) bond motifs is 1. The van der Waals surface area contributed by atoms with Crippen LogP contribution in [0.1, 0.15) is 16.1 Å². The third kappa shape index (κ3) is 3.66. The summed E-state index contributed by atoms with van der Waals surface area (Å²) in [5, 5.41) is 7.18. The SMILES string of the molecule is O=C(Nc1cccc2ncccc12)c1cnn(-c2cccc(Cl)c2)c1C(F)(F)F. The maximum absolute atomic E-state index is 13.8. The zero-order valence-corrected chi connectivity index (χ0v) is 15.4. The predicted octanol–water partition coefficient (Wildman–Crippen LogP) is 5.35. The molecular weight excluding hydrogens is 405 g/mol. The number of nitrogens with one attached hydrogen (secondary N) is 1. The Balaban J connectivity index is 1.77. The van der Waals surface area contributed by atoms with Crippen molar-refractivity contribution >= 4 is 34.1 Å². The Hall–Kier alpha value is -3.39. The Morgan fingerprint density at radius 2 is 1.86 bits per heavy atom. The molecule has 4 aromatic rings. The highest BCUT2D eigenvalue weighted by molar-refractivity contribution is 6.30. The monoisotopic (exact) mass is 416 g/mol. The summed E-state index contributed by atoms with van der Waals surface area (Å²) in [6, 6.07) is 14.2. The lowest BCUT2D eigenvalue weighted by Gasteiger charge is -2.13. The van der Waals surface area contributed by atoms with E-state index in [1.807, 2.05) is 0 Å². The lowest BCUT2D eigenvalue weighted by atomic mass is 10.1. The number of carbonyl (C=O) groups is 1. The van der Waals surface area contributed by atoms with Gasteiger partial charge in [-0.05, 0) is 42.5 Å². The summed E-state index contributed by atoms with van der Waals surface area (Å²) in [5.74, 6) is -0.929. The van der Waals surface area contributed by atoms with Crippen LogP contribution in [0, 0.1) is 0 Å². The Labute approximate surface area is 167 Å². The maximum Gasteiger partial charge on any atom is 0.434 e. The van der Waals surface area contributed by atoms with Crippen LogP contribution < -0.4 is 5.32 Å². The number of benzene rings is 2. The molecule has 146 valence electrons. The lowest BCUT2D eigenvalue weighted by Crippen LogP contribution is -2.20. The number of rotatable bonds is 3. The number of hydrogen-bond acceptors (Lipinski definition) is 3. The molecule has 0 saturated carbocycles. The molecule has 0 unspecified atom stereocenters. The van der Waals surface area contributed by atoms with E-state index >= 15 is 0 Å². The van der Waals surface area contributed by atoms with Crippen LogP contribution in [0.2, 0.25) is 5.02 Å². The first-order valence-electron chi connectivity index (χ1n) is 8.41. The molecule has 1 N–H and O–H groups in total. The van der Waals surface area contributed by atoms with Gasteiger partial charge in [-0.25, -0.2) is 4.68 Å². The number of hydrogen-bond donors (Lipinski definition) is 1. The van der Waals surface area contributed by atoms with Gasteiger partial charge in [0.1, 0.15) is 0 Å². The van der Waals surface area contributed by atoms with E-state index in [0.717, 1.165) is 6.20 Å². The van der Waals surface area contributed by atoms with Gasteiger partial charge in [-0.2, -0.15) is 18.3 Å². The average molecular weight is 417 g/mol. The summed E-state index contributed by atoms with van der Waals surface area (Å²) < 4.78 is 42.0. The minimum atomic E-state index is -4.81. The molecule has 1 amide bonds. The summed E-state index contributed by atoms with van der Waals surface area (Å²) in [5.41, 5.74) is -0.729. The van der Waals surface area contributed by atoms with Crippen molar-refractivity contribution in [1.82, 2.24) is 14.8 Å². The van der Waals surface area contributed by atoms with Crippen LogP contribution >= 0.6 is 11.6 Å². The molecule has 0 aliphatic carbocycles. The van der Waals surface area contributed by atoms with Gasteiger partial charge in [-0.1, -0.05) is 23.7 Å². The third-order valence-corrected chi connectivity index (χ3v) is 4.46. The molecule has 0 radical (unpaired) electrons. The van der Waals surface area contributed by atoms with Crippen molar-refractivity contribution in [3.8, 4) is 5.69 Å². The van der Waals surface area contributed by atoms with Crippen molar-refractivity contribution in [1.29, 1.82) is 0 Å². The second-order valence-electron chi connectivity index (χ2n) is 6.13. The van der Waals surface area contributed by atoms with Crippen molar-refractivity contribution in [2.75, 3.05) is 5.32 Å². The molecule has 2 aromatic heterocycles. The fourth-order valence-electron chi connectivity index (χ4n) is 2.99. The summed E-state index contributed by atoms with van der Waals surface area (Å²) in [4.78, 5) is 16.9. The van der Waals surface area contributed by atoms with Crippen LogP contribution in [0.25, 0.3) is 16.6 Å². The van der Waals surface area contributed by atoms with Gasteiger partial charge in [0.05, 0.1) is 28.7 Å². The average Bonchev–Trinajstić information content (AvgIpc) is 3.14. The first-order chi connectivity index (χ1) is 13.8. The fraction of sp³-hybridized carbons (Fsp3) is 0.0500. The topological polar surface area (TPSA) is 59.8 Å². The van der Waals surface area contributed by atoms with E-state index in [-0.39, 0.29) is 10.7 Å². The van der Waals surface area contributed by atoms with Crippen molar-refractivity contribution in [2.24, 2.45) is 0 Å². The van der Waals surface area contributed by atoms with E-state index in [9.17, 15) is 18.0 Å². The van der Waals surface area contributed by atoms with Crippen LogP contribution in [-0.2, 0) is 6.18 Å². The summed E-state index contributed by atoms with van der Waals surface area (Å²) >= 11 is 5.89. The molecule has 0 saturated heterocycles. The molecule has 5 nitrogen and oxygen atoms in total. The Kier molecular flexibility index (Phi) is 4.71. The standard InChI is InChI=1S/C20H12ClF3N4O/c21-12-4-1-5-13(10-12)28-18(20(22,23)24)15(11-26-28)19(29)27-17-8-2-7-16-14(17)6-3-9-25-16/h1-11H,(H,27,29). The Morgan fingerprint density at radius 1 is 1.07 bits per heavy atom. The van der Waals surface area contributed by atoms with Gasteiger partial charge in [0.2, 0.25) is 0 Å². The molecule has 0 aliphatic heterocycles. The van der Waals surface area contributed by atoms with Crippen LogP contribution in [0.5, 0.6) is 0 Å². The second-order valence-corrected chi connectivity index (χ2v) is 6.56. The quantitative estimate of drug-likeness (QED) is 0.490. The van der Waals surface area contributed by atoms with Crippen molar-refractivity contribution < 1.29 is 18.0 Å². The highest BCUT2D eigenvalue weighted by Gasteiger charge is 2.40. The number of carbonyl (C=O) groups excluding carboxylic acids is 1. The van der Waals surface area contributed by atoms with Crippen LogP contribution in [-0.4, -0.2) is 20.7 Å². The largest absolute Gasteiger partial charge is 0.434 e. The normalized spacial score (nSPS) is 11.6. The summed E-state index contributed by atoms with van der Waals surface area (Å²) in [6.45, 7) is 0. The van der Waals surface area contributed by atoms with Gasteiger partial charge in [0.25, 0.3) is 5.91 Å². The Bertz CT molecular complexity index is 1210. The molecule has 2 heterocycles. The molecule has 0 atom stereocenters. The van der Waals surface area contributed by atoms with Crippen LogP contribution in [0.3, 0.4) is 0 Å². The third-order valence-electron chi connectivity index (χ3n) is 4.23. The second kappa shape index (κ2) is 7.21. The van der Waals surface area contributed by atoms with E-state index in [1.165, 1.54) is 24.3 Å². The lowest BCUT2D eigenvalue weighted by molar-refractivity contribution is -0.143. The number of nitrogens with zero attached hydrogens (tertiary/aromatic N) is 3. The number of aromatic nitrogens is 3. The van der Waals surface area contributed by atoms with E-state index < -0.39 is 23.3 Å². The molecule has 0 spiro atoms. The summed E-state index contributed by atoms with van der Waals surface area (Å²) in [6.07, 6.45) is -2.33. The van der Waals surface area contributed by atoms with E-state index in [2.05, 4.69) is 15.4 Å². The van der Waals surface area contributed by atoms with Gasteiger partial charge >= 0.3 is 6.18 Å². The first kappa shape index (κ1) is 18.9. The van der Waals surface area contributed by atoms with Crippen molar-refractivity contribution in [3.05, 3.63) is 83.3 Å². The molecule has 4 rings (SSSR count). The van der Waals surface area contributed by atoms with E-state index in [1.54, 1.807) is 36.5 Å². The smallest absolute Gasteiger partial charge is 0.321 e. The molecular formula is C20H12ClF3N4O. The number of alkyl halides is 3. The zero-order valence-electron chi connectivity index (χ0n) is 14.6. The fourth-order valence-corrected chi connectivity index (χ4v) is 3.18. The van der Waals surface area contributed by atoms with Crippen LogP contribution in [0.4, 0.5) is 18.9 Å². The van der Waals surface area contributed by atoms with Crippen LogP contribution in [0.15, 0.2) is 67.0 Å². The molecule has 2 aromatic carbocycles. The minimum Gasteiger partial charge on any atom is -0.321 e. The number of anilines is 1. The number of halogens is 4. The molecule has 0 aliphatic rings. The van der Waals surface area contributed by atoms with Crippen molar-refractivity contribution in [2.45, 2.75) is 6.18 Å². The van der Waals surface area contributed by atoms with Gasteiger partial charge in [0, 0.05) is 16.6 Å². The zero-order chi connectivity index (χ0) is 20.6. The minimum absolute atomic E-state index is 0.0956. The van der Waals surface area contributed by atoms with E-state index in [0.29, 0.717) is 21.3 Å². The summed E-state index contributed by atoms with van der Waals surface area (Å²) in [7, 11) is 0. The van der Waals surface area contributed by atoms with Crippen molar-refractivity contribution in [3.63, 3.8) is 0 Å². The molecule has 29 heavy (non-hydrogen) atoms. The number of amides is 1. The molecule has 0 bridgehead atoms. The van der Waals surface area contributed by atoms with Gasteiger partial charge in [-0.15, -0.1) is 0 Å². The van der Waals surface area contributed by atoms with Gasteiger partial charge in [0.15, 0.2) is 5.69 Å². The highest BCUT2D eigenvalue weighted by Crippen LogP contribution is 2.34. The van der Waals surface area contributed by atoms with Gasteiger partial charge < -0.3 is 5.32 Å². The molecule has 0 fully saturated rings. The predicted molar refractivity (Wildman–Crippen MR) is 103 cm³/mol.